The Morgan fingerprint density at radius 2 is 1.68 bits per heavy atom. The van der Waals surface area contributed by atoms with E-state index in [-0.39, 0.29) is 0 Å². The number of benzene rings is 1. The Hall–Kier alpha value is -0.0900. The van der Waals surface area contributed by atoms with Gasteiger partial charge in [-0.25, -0.2) is 0 Å². The molecule has 1 N–H and O–H groups in total. The molecule has 1 rings (SSSR count). The van der Waals surface area contributed by atoms with Crippen molar-refractivity contribution in [2.45, 2.75) is 64.8 Å². The predicted molar refractivity (Wildman–Crippen MR) is 93.7 cm³/mol. The zero-order valence-corrected chi connectivity index (χ0v) is 14.6. The van der Waals surface area contributed by atoms with Crippen LogP contribution in [0.25, 0.3) is 0 Å². The van der Waals surface area contributed by atoms with Crippen LogP contribution in [0.2, 0.25) is 0 Å². The van der Waals surface area contributed by atoms with Crippen molar-refractivity contribution in [2.24, 2.45) is 0 Å². The summed E-state index contributed by atoms with van der Waals surface area (Å²) in [7, 11) is 0. The molecule has 0 amide bonds. The summed E-state index contributed by atoms with van der Waals surface area (Å²) < 4.78 is 1.32. The van der Waals surface area contributed by atoms with Crippen molar-refractivity contribution >= 4 is 22.6 Å². The van der Waals surface area contributed by atoms with Crippen molar-refractivity contribution in [3.05, 3.63) is 33.4 Å². The molecule has 0 aliphatic heterocycles. The summed E-state index contributed by atoms with van der Waals surface area (Å²) in [6.07, 6.45) is 9.35. The molecule has 19 heavy (non-hydrogen) atoms. The standard InChI is InChI=1S/C17H28IN/c1-3-5-6-7-8-9-17(19-4-2)14-15-10-12-16(18)13-11-15/h10-13,17,19H,3-9,14H2,1-2H3. The van der Waals surface area contributed by atoms with E-state index in [9.17, 15) is 0 Å². The number of rotatable bonds is 10. The fourth-order valence-corrected chi connectivity index (χ4v) is 2.82. The van der Waals surface area contributed by atoms with Crippen LogP contribution in [0.15, 0.2) is 24.3 Å². The van der Waals surface area contributed by atoms with Crippen molar-refractivity contribution in [1.29, 1.82) is 0 Å². The smallest absolute Gasteiger partial charge is 0.0130 e. The zero-order chi connectivity index (χ0) is 13.9. The summed E-state index contributed by atoms with van der Waals surface area (Å²) >= 11 is 2.37. The molecule has 0 radical (unpaired) electrons. The van der Waals surface area contributed by atoms with E-state index < -0.39 is 0 Å². The number of likely N-dealkylation sites (N-methyl/N-ethyl adjacent to an activating group) is 1. The molecule has 0 saturated carbocycles. The van der Waals surface area contributed by atoms with E-state index >= 15 is 0 Å². The van der Waals surface area contributed by atoms with Crippen LogP contribution in [0.4, 0.5) is 0 Å². The SMILES string of the molecule is CCCCCCCC(Cc1ccc(I)cc1)NCC. The highest BCUT2D eigenvalue weighted by molar-refractivity contribution is 14.1. The molecular weight excluding hydrogens is 345 g/mol. The van der Waals surface area contributed by atoms with E-state index in [0.717, 1.165) is 6.54 Å². The van der Waals surface area contributed by atoms with E-state index in [1.165, 1.54) is 54.1 Å². The molecule has 0 heterocycles. The first-order chi connectivity index (χ1) is 9.26. The van der Waals surface area contributed by atoms with Gasteiger partial charge in [0.25, 0.3) is 0 Å². The minimum absolute atomic E-state index is 0.645. The van der Waals surface area contributed by atoms with E-state index in [2.05, 4.69) is 66.0 Å². The Kier molecular flexibility index (Phi) is 9.52. The van der Waals surface area contributed by atoms with Crippen LogP contribution in [0.3, 0.4) is 0 Å². The van der Waals surface area contributed by atoms with Gasteiger partial charge in [0.05, 0.1) is 0 Å². The van der Waals surface area contributed by atoms with Gasteiger partial charge in [-0.05, 0) is 59.7 Å². The minimum Gasteiger partial charge on any atom is -0.314 e. The average Bonchev–Trinajstić information content (AvgIpc) is 2.41. The molecular formula is C17H28IN. The van der Waals surface area contributed by atoms with Crippen LogP contribution >= 0.6 is 22.6 Å². The Labute approximate surface area is 132 Å². The third-order valence-electron chi connectivity index (χ3n) is 3.54. The highest BCUT2D eigenvalue weighted by Crippen LogP contribution is 2.13. The summed E-state index contributed by atoms with van der Waals surface area (Å²) in [5, 5.41) is 3.63. The molecule has 0 spiro atoms. The quantitative estimate of drug-likeness (QED) is 0.441. The van der Waals surface area contributed by atoms with Gasteiger partial charge in [-0.15, -0.1) is 0 Å². The number of halogens is 1. The molecule has 0 saturated heterocycles. The third kappa shape index (κ3) is 7.93. The maximum atomic E-state index is 3.63. The summed E-state index contributed by atoms with van der Waals surface area (Å²) in [6, 6.07) is 9.60. The van der Waals surface area contributed by atoms with E-state index in [1.807, 2.05) is 0 Å². The molecule has 1 atom stereocenters. The van der Waals surface area contributed by atoms with E-state index in [0.29, 0.717) is 6.04 Å². The topological polar surface area (TPSA) is 12.0 Å². The van der Waals surface area contributed by atoms with Crippen LogP contribution in [0, 0.1) is 3.57 Å². The van der Waals surface area contributed by atoms with Gasteiger partial charge in [0.15, 0.2) is 0 Å². The Balaban J connectivity index is 2.33. The number of hydrogen-bond acceptors (Lipinski definition) is 1. The fraction of sp³-hybridized carbons (Fsp3) is 0.647. The highest BCUT2D eigenvalue weighted by Gasteiger charge is 2.08. The van der Waals surface area contributed by atoms with Crippen molar-refractivity contribution in [1.82, 2.24) is 5.32 Å². The first-order valence-electron chi connectivity index (χ1n) is 7.74. The molecule has 0 fully saturated rings. The second-order valence-corrected chi connectivity index (χ2v) is 6.53. The van der Waals surface area contributed by atoms with Gasteiger partial charge < -0.3 is 5.32 Å². The van der Waals surface area contributed by atoms with Crippen LogP contribution in [0.1, 0.15) is 57.9 Å². The fourth-order valence-electron chi connectivity index (χ4n) is 2.46. The van der Waals surface area contributed by atoms with Crippen molar-refractivity contribution < 1.29 is 0 Å². The lowest BCUT2D eigenvalue weighted by Crippen LogP contribution is -2.30. The Bertz CT molecular complexity index is 321. The van der Waals surface area contributed by atoms with Crippen LogP contribution < -0.4 is 5.32 Å². The number of unbranched alkanes of at least 4 members (excludes halogenated alkanes) is 4. The Morgan fingerprint density at radius 3 is 2.32 bits per heavy atom. The summed E-state index contributed by atoms with van der Waals surface area (Å²) in [4.78, 5) is 0. The molecule has 1 aromatic rings. The minimum atomic E-state index is 0.645. The summed E-state index contributed by atoms with van der Waals surface area (Å²) in [5.74, 6) is 0. The molecule has 1 aromatic carbocycles. The Morgan fingerprint density at radius 1 is 1.00 bits per heavy atom. The highest BCUT2D eigenvalue weighted by atomic mass is 127. The average molecular weight is 373 g/mol. The lowest BCUT2D eigenvalue weighted by atomic mass is 10.00. The largest absolute Gasteiger partial charge is 0.314 e. The van der Waals surface area contributed by atoms with E-state index in [4.69, 9.17) is 0 Å². The zero-order valence-electron chi connectivity index (χ0n) is 12.4. The number of nitrogens with one attached hydrogen (secondary N) is 1. The summed E-state index contributed by atoms with van der Waals surface area (Å²) in [6.45, 7) is 5.56. The second-order valence-electron chi connectivity index (χ2n) is 5.29. The van der Waals surface area contributed by atoms with Gasteiger partial charge in [-0.3, -0.25) is 0 Å². The van der Waals surface area contributed by atoms with Crippen molar-refractivity contribution in [3.63, 3.8) is 0 Å². The summed E-state index contributed by atoms with van der Waals surface area (Å²) in [5.41, 5.74) is 1.46. The van der Waals surface area contributed by atoms with Crippen LogP contribution in [-0.2, 0) is 6.42 Å². The molecule has 0 aliphatic rings. The molecule has 0 aromatic heterocycles. The second kappa shape index (κ2) is 10.7. The molecule has 2 heteroatoms. The maximum Gasteiger partial charge on any atom is 0.0130 e. The normalized spacial score (nSPS) is 12.6. The predicted octanol–water partition coefficient (Wildman–Crippen LogP) is 5.17. The third-order valence-corrected chi connectivity index (χ3v) is 4.26. The lowest BCUT2D eigenvalue weighted by Gasteiger charge is -2.18. The molecule has 0 bridgehead atoms. The van der Waals surface area contributed by atoms with Gasteiger partial charge in [0, 0.05) is 9.61 Å². The van der Waals surface area contributed by atoms with Gasteiger partial charge in [-0.1, -0.05) is 58.1 Å². The molecule has 1 nitrogen and oxygen atoms in total. The van der Waals surface area contributed by atoms with Gasteiger partial charge in [-0.2, -0.15) is 0 Å². The molecule has 0 aliphatic carbocycles. The molecule has 108 valence electrons. The lowest BCUT2D eigenvalue weighted by molar-refractivity contribution is 0.461. The van der Waals surface area contributed by atoms with Crippen molar-refractivity contribution in [3.8, 4) is 0 Å². The number of hydrogen-bond donors (Lipinski definition) is 1. The van der Waals surface area contributed by atoms with Gasteiger partial charge >= 0.3 is 0 Å². The van der Waals surface area contributed by atoms with Crippen LogP contribution in [-0.4, -0.2) is 12.6 Å². The first-order valence-corrected chi connectivity index (χ1v) is 8.82. The monoisotopic (exact) mass is 373 g/mol. The first kappa shape index (κ1) is 17.0. The van der Waals surface area contributed by atoms with Crippen LogP contribution in [0.5, 0.6) is 0 Å². The molecule has 1 unspecified atom stereocenters. The van der Waals surface area contributed by atoms with Gasteiger partial charge in [0.1, 0.15) is 0 Å². The van der Waals surface area contributed by atoms with E-state index in [1.54, 1.807) is 0 Å². The maximum absolute atomic E-state index is 3.63. The van der Waals surface area contributed by atoms with Crippen molar-refractivity contribution in [2.75, 3.05) is 6.54 Å². The van der Waals surface area contributed by atoms with Gasteiger partial charge in [0.2, 0.25) is 0 Å².